The van der Waals surface area contributed by atoms with E-state index in [0.29, 0.717) is 6.42 Å². The van der Waals surface area contributed by atoms with Crippen LogP contribution in [0.15, 0.2) is 24.3 Å². The maximum atomic E-state index is 11.7. The maximum absolute atomic E-state index is 11.7. The van der Waals surface area contributed by atoms with Gasteiger partial charge >= 0.3 is 0 Å². The van der Waals surface area contributed by atoms with Crippen LogP contribution in [0.5, 0.6) is 5.75 Å². The average molecular weight is 259 g/mol. The number of aryl methyl sites for hydroxylation is 1. The zero-order valence-corrected chi connectivity index (χ0v) is 11.6. The van der Waals surface area contributed by atoms with Gasteiger partial charge in [-0.1, -0.05) is 25.1 Å². The summed E-state index contributed by atoms with van der Waals surface area (Å²) < 4.78 is 0. The molecule has 0 unspecified atom stereocenters. The number of amides is 1. The molecule has 0 saturated carbocycles. The standard InChI is InChI=1S/C16H21NO2/c1-3-4-5-6-7-12-9-16(19)17-14-10-15(18)11(2)8-13(12)14/h4-5,8,10,12,18H,3,6-7,9H2,1-2H3,(H,17,19)/b5-4-/t12-/m0/s1. The number of carbonyl (C=O) groups excluding carboxylic acids is 1. The Bertz CT molecular complexity index is 506. The Morgan fingerprint density at radius 1 is 1.42 bits per heavy atom. The minimum absolute atomic E-state index is 0.0419. The molecular formula is C16H21NO2. The lowest BCUT2D eigenvalue weighted by molar-refractivity contribution is -0.116. The van der Waals surface area contributed by atoms with Gasteiger partial charge in [0.05, 0.1) is 0 Å². The number of hydrogen-bond acceptors (Lipinski definition) is 2. The van der Waals surface area contributed by atoms with E-state index in [1.165, 1.54) is 0 Å². The number of phenols is 1. The summed E-state index contributed by atoms with van der Waals surface area (Å²) in [5.41, 5.74) is 2.78. The molecule has 19 heavy (non-hydrogen) atoms. The van der Waals surface area contributed by atoms with Gasteiger partial charge in [-0.15, -0.1) is 0 Å². The third-order valence-corrected chi connectivity index (χ3v) is 3.60. The number of benzene rings is 1. The Labute approximate surface area is 114 Å². The predicted molar refractivity (Wildman–Crippen MR) is 77.5 cm³/mol. The third-order valence-electron chi connectivity index (χ3n) is 3.60. The molecule has 0 bridgehead atoms. The molecule has 1 amide bonds. The molecule has 0 fully saturated rings. The average Bonchev–Trinajstić information content (AvgIpc) is 2.36. The first-order valence-electron chi connectivity index (χ1n) is 6.90. The van der Waals surface area contributed by atoms with E-state index in [4.69, 9.17) is 0 Å². The van der Waals surface area contributed by atoms with Crippen molar-refractivity contribution in [1.82, 2.24) is 0 Å². The van der Waals surface area contributed by atoms with Crippen LogP contribution in [0.3, 0.4) is 0 Å². The lowest BCUT2D eigenvalue weighted by Crippen LogP contribution is -2.23. The summed E-state index contributed by atoms with van der Waals surface area (Å²) >= 11 is 0. The summed E-state index contributed by atoms with van der Waals surface area (Å²) in [5, 5.41) is 12.6. The molecule has 0 saturated heterocycles. The molecule has 1 heterocycles. The highest BCUT2D eigenvalue weighted by molar-refractivity contribution is 5.95. The molecule has 2 N–H and O–H groups in total. The molecule has 0 aliphatic carbocycles. The van der Waals surface area contributed by atoms with Crippen LogP contribution in [0.4, 0.5) is 5.69 Å². The number of fused-ring (bicyclic) bond motifs is 1. The van der Waals surface area contributed by atoms with Crippen LogP contribution in [-0.4, -0.2) is 11.0 Å². The molecule has 3 heteroatoms. The molecule has 3 nitrogen and oxygen atoms in total. The number of nitrogens with one attached hydrogen (secondary N) is 1. The van der Waals surface area contributed by atoms with E-state index in [2.05, 4.69) is 24.4 Å². The number of rotatable bonds is 4. The smallest absolute Gasteiger partial charge is 0.224 e. The summed E-state index contributed by atoms with van der Waals surface area (Å²) in [7, 11) is 0. The second-order valence-electron chi connectivity index (χ2n) is 5.13. The number of aromatic hydroxyl groups is 1. The van der Waals surface area contributed by atoms with Gasteiger partial charge in [0.25, 0.3) is 0 Å². The highest BCUT2D eigenvalue weighted by atomic mass is 16.3. The van der Waals surface area contributed by atoms with Crippen molar-refractivity contribution in [3.8, 4) is 5.75 Å². The summed E-state index contributed by atoms with van der Waals surface area (Å²) in [5.74, 6) is 0.537. The van der Waals surface area contributed by atoms with Gasteiger partial charge in [0, 0.05) is 18.2 Å². The number of carbonyl (C=O) groups is 1. The number of anilines is 1. The first kappa shape index (κ1) is 13.7. The molecule has 1 atom stereocenters. The number of phenolic OH excluding ortho intramolecular Hbond substituents is 1. The first-order valence-corrected chi connectivity index (χ1v) is 6.90. The highest BCUT2D eigenvalue weighted by Crippen LogP contribution is 2.38. The lowest BCUT2D eigenvalue weighted by Gasteiger charge is -2.26. The monoisotopic (exact) mass is 259 g/mol. The topological polar surface area (TPSA) is 49.3 Å². The van der Waals surface area contributed by atoms with Crippen LogP contribution in [0.2, 0.25) is 0 Å². The molecule has 102 valence electrons. The van der Waals surface area contributed by atoms with E-state index in [1.54, 1.807) is 6.07 Å². The van der Waals surface area contributed by atoms with Crippen LogP contribution < -0.4 is 5.32 Å². The van der Waals surface area contributed by atoms with Crippen molar-refractivity contribution in [3.05, 3.63) is 35.4 Å². The van der Waals surface area contributed by atoms with Gasteiger partial charge in [0.2, 0.25) is 5.91 Å². The van der Waals surface area contributed by atoms with E-state index in [9.17, 15) is 9.90 Å². The SMILES string of the molecule is CC/C=C\CC[C@H]1CC(=O)Nc2cc(O)c(C)cc21. The predicted octanol–water partition coefficient (Wildman–Crippen LogP) is 3.87. The Kier molecular flexibility index (Phi) is 4.25. The maximum Gasteiger partial charge on any atom is 0.224 e. The Balaban J connectivity index is 2.20. The van der Waals surface area contributed by atoms with E-state index >= 15 is 0 Å². The summed E-state index contributed by atoms with van der Waals surface area (Å²) in [6.45, 7) is 4.01. The van der Waals surface area contributed by atoms with Gasteiger partial charge in [-0.05, 0) is 43.2 Å². The van der Waals surface area contributed by atoms with Gasteiger partial charge in [0.15, 0.2) is 0 Å². The van der Waals surface area contributed by atoms with Crippen LogP contribution in [0.25, 0.3) is 0 Å². The molecule has 1 aromatic carbocycles. The van der Waals surface area contributed by atoms with Gasteiger partial charge in [-0.2, -0.15) is 0 Å². The minimum atomic E-state index is 0.0419. The molecule has 0 aromatic heterocycles. The minimum Gasteiger partial charge on any atom is -0.508 e. The normalized spacial score (nSPS) is 18.4. The van der Waals surface area contributed by atoms with Crippen LogP contribution in [-0.2, 0) is 4.79 Å². The van der Waals surface area contributed by atoms with Gasteiger partial charge in [0.1, 0.15) is 5.75 Å². The second kappa shape index (κ2) is 5.91. The van der Waals surface area contributed by atoms with Crippen LogP contribution in [0, 0.1) is 6.92 Å². The van der Waals surface area contributed by atoms with Crippen molar-refractivity contribution in [2.24, 2.45) is 0 Å². The lowest BCUT2D eigenvalue weighted by atomic mass is 9.86. The van der Waals surface area contributed by atoms with E-state index in [0.717, 1.165) is 36.1 Å². The summed E-state index contributed by atoms with van der Waals surface area (Å²) in [6, 6.07) is 3.66. The summed E-state index contributed by atoms with van der Waals surface area (Å²) in [4.78, 5) is 11.7. The van der Waals surface area contributed by atoms with Crippen LogP contribution in [0.1, 0.15) is 49.7 Å². The highest BCUT2D eigenvalue weighted by Gasteiger charge is 2.25. The van der Waals surface area contributed by atoms with E-state index in [-0.39, 0.29) is 17.6 Å². The van der Waals surface area contributed by atoms with Gasteiger partial charge in [-0.25, -0.2) is 0 Å². The van der Waals surface area contributed by atoms with E-state index in [1.807, 2.05) is 13.0 Å². The van der Waals surface area contributed by atoms with Crippen molar-refractivity contribution >= 4 is 11.6 Å². The largest absolute Gasteiger partial charge is 0.508 e. The summed E-state index contributed by atoms with van der Waals surface area (Å²) in [6.07, 6.45) is 7.89. The van der Waals surface area contributed by atoms with Crippen molar-refractivity contribution in [3.63, 3.8) is 0 Å². The Morgan fingerprint density at radius 2 is 2.21 bits per heavy atom. The van der Waals surface area contributed by atoms with Crippen molar-refractivity contribution in [2.45, 2.75) is 45.4 Å². The molecule has 2 rings (SSSR count). The zero-order valence-electron chi connectivity index (χ0n) is 11.6. The van der Waals surface area contributed by atoms with Crippen molar-refractivity contribution < 1.29 is 9.90 Å². The van der Waals surface area contributed by atoms with Crippen LogP contribution >= 0.6 is 0 Å². The van der Waals surface area contributed by atoms with Crippen molar-refractivity contribution in [1.29, 1.82) is 0 Å². The Morgan fingerprint density at radius 3 is 2.95 bits per heavy atom. The third kappa shape index (κ3) is 3.16. The molecule has 1 aliphatic rings. The number of hydrogen-bond donors (Lipinski definition) is 2. The fraction of sp³-hybridized carbons (Fsp3) is 0.438. The fourth-order valence-corrected chi connectivity index (χ4v) is 2.54. The molecule has 1 aromatic rings. The first-order chi connectivity index (χ1) is 9.11. The van der Waals surface area contributed by atoms with Gasteiger partial charge < -0.3 is 10.4 Å². The van der Waals surface area contributed by atoms with E-state index < -0.39 is 0 Å². The van der Waals surface area contributed by atoms with Crippen molar-refractivity contribution in [2.75, 3.05) is 5.32 Å². The number of allylic oxidation sites excluding steroid dienone is 2. The second-order valence-corrected chi connectivity index (χ2v) is 5.13. The van der Waals surface area contributed by atoms with Gasteiger partial charge in [-0.3, -0.25) is 4.79 Å². The quantitative estimate of drug-likeness (QED) is 0.806. The Hall–Kier alpha value is -1.77. The molecule has 0 spiro atoms. The molecule has 1 aliphatic heterocycles. The fourth-order valence-electron chi connectivity index (χ4n) is 2.54. The molecular weight excluding hydrogens is 238 g/mol. The zero-order chi connectivity index (χ0) is 13.8. The molecule has 0 radical (unpaired) electrons.